The Bertz CT molecular complexity index is 575. The molecular formula is C14H11BrClNO2. The van der Waals surface area contributed by atoms with Crippen molar-refractivity contribution in [3.05, 3.63) is 63.6 Å². The van der Waals surface area contributed by atoms with Gasteiger partial charge in [-0.3, -0.25) is 5.32 Å². The first-order chi connectivity index (χ1) is 9.15. The van der Waals surface area contributed by atoms with Crippen LogP contribution in [0.1, 0.15) is 5.56 Å². The number of hydrogen-bond donors (Lipinski definition) is 1. The fourth-order valence-electron chi connectivity index (χ4n) is 1.46. The van der Waals surface area contributed by atoms with Crippen molar-refractivity contribution in [2.75, 3.05) is 5.32 Å². The van der Waals surface area contributed by atoms with Gasteiger partial charge in [0.15, 0.2) is 0 Å². The van der Waals surface area contributed by atoms with Gasteiger partial charge < -0.3 is 4.74 Å². The van der Waals surface area contributed by atoms with E-state index in [1.807, 2.05) is 30.3 Å². The van der Waals surface area contributed by atoms with Crippen LogP contribution >= 0.6 is 27.5 Å². The van der Waals surface area contributed by atoms with Crippen molar-refractivity contribution in [2.24, 2.45) is 0 Å². The van der Waals surface area contributed by atoms with Crippen molar-refractivity contribution in [2.45, 2.75) is 6.61 Å². The van der Waals surface area contributed by atoms with E-state index in [9.17, 15) is 4.79 Å². The Morgan fingerprint density at radius 2 is 1.95 bits per heavy atom. The number of anilines is 1. The van der Waals surface area contributed by atoms with E-state index < -0.39 is 6.09 Å². The maximum absolute atomic E-state index is 11.6. The predicted octanol–water partition coefficient (Wildman–Crippen LogP) is 4.85. The van der Waals surface area contributed by atoms with Gasteiger partial charge in [0.25, 0.3) is 0 Å². The summed E-state index contributed by atoms with van der Waals surface area (Å²) in [5.74, 6) is 0. The first kappa shape index (κ1) is 13.9. The highest BCUT2D eigenvalue weighted by Gasteiger charge is 2.07. The zero-order valence-electron chi connectivity index (χ0n) is 9.90. The smallest absolute Gasteiger partial charge is 0.412 e. The molecule has 0 aliphatic rings. The molecule has 5 heteroatoms. The summed E-state index contributed by atoms with van der Waals surface area (Å²) in [5, 5.41) is 3.06. The molecule has 0 spiro atoms. The normalized spacial score (nSPS) is 10.0. The lowest BCUT2D eigenvalue weighted by atomic mass is 10.2. The highest BCUT2D eigenvalue weighted by atomic mass is 79.9. The molecule has 0 radical (unpaired) electrons. The third-order valence-electron chi connectivity index (χ3n) is 2.38. The molecule has 2 rings (SSSR count). The molecule has 0 saturated heterocycles. The molecule has 19 heavy (non-hydrogen) atoms. The van der Waals surface area contributed by atoms with Gasteiger partial charge >= 0.3 is 6.09 Å². The zero-order valence-corrected chi connectivity index (χ0v) is 12.2. The molecule has 0 heterocycles. The standard InChI is InChI=1S/C14H11BrClNO2/c15-11-6-7-12(16)13(8-11)17-14(18)19-9-10-4-2-1-3-5-10/h1-8H,9H2,(H,17,18). The van der Waals surface area contributed by atoms with Gasteiger partial charge in [-0.1, -0.05) is 57.9 Å². The van der Waals surface area contributed by atoms with E-state index in [-0.39, 0.29) is 6.61 Å². The maximum atomic E-state index is 11.6. The topological polar surface area (TPSA) is 38.3 Å². The molecule has 0 aliphatic carbocycles. The third-order valence-corrected chi connectivity index (χ3v) is 3.20. The van der Waals surface area contributed by atoms with Crippen LogP contribution in [0.15, 0.2) is 53.0 Å². The number of benzene rings is 2. The minimum atomic E-state index is -0.538. The molecule has 0 saturated carbocycles. The highest BCUT2D eigenvalue weighted by Crippen LogP contribution is 2.25. The second kappa shape index (κ2) is 6.59. The molecular weight excluding hydrogens is 330 g/mol. The largest absolute Gasteiger partial charge is 0.444 e. The van der Waals surface area contributed by atoms with E-state index in [4.69, 9.17) is 16.3 Å². The molecule has 3 nitrogen and oxygen atoms in total. The summed E-state index contributed by atoms with van der Waals surface area (Å²) in [4.78, 5) is 11.6. The van der Waals surface area contributed by atoms with Crippen LogP contribution in [0.25, 0.3) is 0 Å². The van der Waals surface area contributed by atoms with E-state index in [2.05, 4.69) is 21.2 Å². The molecule has 0 atom stereocenters. The van der Waals surface area contributed by atoms with Gasteiger partial charge in [0.1, 0.15) is 6.61 Å². The summed E-state index contributed by atoms with van der Waals surface area (Å²) in [6.45, 7) is 0.221. The quantitative estimate of drug-likeness (QED) is 0.867. The zero-order chi connectivity index (χ0) is 13.7. The lowest BCUT2D eigenvalue weighted by Crippen LogP contribution is -2.13. The first-order valence-electron chi connectivity index (χ1n) is 5.58. The molecule has 0 aromatic heterocycles. The number of carbonyl (C=O) groups excluding carboxylic acids is 1. The summed E-state index contributed by atoms with van der Waals surface area (Å²) < 4.78 is 5.93. The summed E-state index contributed by atoms with van der Waals surface area (Å²) in [6, 6.07) is 14.7. The fraction of sp³-hybridized carbons (Fsp3) is 0.0714. The Labute approximate surface area is 124 Å². The van der Waals surface area contributed by atoms with E-state index in [1.165, 1.54) is 0 Å². The minimum absolute atomic E-state index is 0.221. The van der Waals surface area contributed by atoms with E-state index in [0.29, 0.717) is 10.7 Å². The molecule has 2 aromatic carbocycles. The number of nitrogens with one attached hydrogen (secondary N) is 1. The van der Waals surface area contributed by atoms with Crippen molar-refractivity contribution in [3.8, 4) is 0 Å². The Hall–Kier alpha value is -1.52. The van der Waals surface area contributed by atoms with Crippen LogP contribution in [0.2, 0.25) is 5.02 Å². The number of rotatable bonds is 3. The van der Waals surface area contributed by atoms with Crippen molar-refractivity contribution in [3.63, 3.8) is 0 Å². The highest BCUT2D eigenvalue weighted by molar-refractivity contribution is 9.10. The van der Waals surface area contributed by atoms with Crippen molar-refractivity contribution in [1.29, 1.82) is 0 Å². The van der Waals surface area contributed by atoms with Crippen molar-refractivity contribution in [1.82, 2.24) is 0 Å². The molecule has 1 amide bonds. The van der Waals surface area contributed by atoms with Gasteiger partial charge in [-0.15, -0.1) is 0 Å². The molecule has 0 fully saturated rings. The van der Waals surface area contributed by atoms with Crippen LogP contribution in [0.5, 0.6) is 0 Å². The van der Waals surface area contributed by atoms with Gasteiger partial charge in [0, 0.05) is 4.47 Å². The van der Waals surface area contributed by atoms with Crippen LogP contribution in [-0.2, 0) is 11.3 Å². The van der Waals surface area contributed by atoms with Crippen molar-refractivity contribution >= 4 is 39.3 Å². The fourth-order valence-corrected chi connectivity index (χ4v) is 1.99. The number of hydrogen-bond acceptors (Lipinski definition) is 2. The summed E-state index contributed by atoms with van der Waals surface area (Å²) >= 11 is 9.28. The Balaban J connectivity index is 1.93. The average Bonchev–Trinajstić information content (AvgIpc) is 2.42. The van der Waals surface area contributed by atoms with Gasteiger partial charge in [-0.05, 0) is 23.8 Å². The summed E-state index contributed by atoms with van der Waals surface area (Å²) in [5.41, 5.74) is 1.44. The first-order valence-corrected chi connectivity index (χ1v) is 6.75. The number of amides is 1. The molecule has 0 unspecified atom stereocenters. The number of ether oxygens (including phenoxy) is 1. The summed E-state index contributed by atoms with van der Waals surface area (Å²) in [7, 11) is 0. The maximum Gasteiger partial charge on any atom is 0.412 e. The second-order valence-corrected chi connectivity index (χ2v) is 5.13. The Morgan fingerprint density at radius 1 is 1.21 bits per heavy atom. The molecule has 0 bridgehead atoms. The van der Waals surface area contributed by atoms with Crippen LogP contribution in [-0.4, -0.2) is 6.09 Å². The molecule has 2 aromatic rings. The van der Waals surface area contributed by atoms with Crippen LogP contribution < -0.4 is 5.32 Å². The van der Waals surface area contributed by atoms with Crippen LogP contribution in [0.3, 0.4) is 0 Å². The number of carbonyl (C=O) groups is 1. The van der Waals surface area contributed by atoms with Crippen LogP contribution in [0.4, 0.5) is 10.5 Å². The van der Waals surface area contributed by atoms with Gasteiger partial charge in [0.05, 0.1) is 10.7 Å². The average molecular weight is 341 g/mol. The Kier molecular flexibility index (Phi) is 4.82. The van der Waals surface area contributed by atoms with Gasteiger partial charge in [-0.25, -0.2) is 4.79 Å². The van der Waals surface area contributed by atoms with E-state index in [0.717, 1.165) is 10.0 Å². The Morgan fingerprint density at radius 3 is 2.68 bits per heavy atom. The van der Waals surface area contributed by atoms with Crippen molar-refractivity contribution < 1.29 is 9.53 Å². The monoisotopic (exact) mass is 339 g/mol. The van der Waals surface area contributed by atoms with Gasteiger partial charge in [-0.2, -0.15) is 0 Å². The van der Waals surface area contributed by atoms with Gasteiger partial charge in [0.2, 0.25) is 0 Å². The summed E-state index contributed by atoms with van der Waals surface area (Å²) in [6.07, 6.45) is -0.538. The molecule has 0 aliphatic heterocycles. The SMILES string of the molecule is O=C(Nc1cc(Br)ccc1Cl)OCc1ccccc1. The lowest BCUT2D eigenvalue weighted by molar-refractivity contribution is 0.155. The predicted molar refractivity (Wildman–Crippen MR) is 79.4 cm³/mol. The van der Waals surface area contributed by atoms with Crippen LogP contribution in [0, 0.1) is 0 Å². The second-order valence-electron chi connectivity index (χ2n) is 3.81. The van der Waals surface area contributed by atoms with E-state index in [1.54, 1.807) is 18.2 Å². The van der Waals surface area contributed by atoms with E-state index >= 15 is 0 Å². The third kappa shape index (κ3) is 4.26. The molecule has 98 valence electrons. The lowest BCUT2D eigenvalue weighted by Gasteiger charge is -2.08. The molecule has 1 N–H and O–H groups in total. The number of halogens is 2. The minimum Gasteiger partial charge on any atom is -0.444 e.